The molecular weight excluding hydrogens is 264 g/mol. The molecule has 6 heteroatoms. The molecule has 0 amide bonds. The molecule has 0 aliphatic carbocycles. The van der Waals surface area contributed by atoms with Crippen LogP contribution in [0.2, 0.25) is 5.15 Å². The zero-order valence-corrected chi connectivity index (χ0v) is 10.8. The maximum absolute atomic E-state index is 5.78. The Morgan fingerprint density at radius 2 is 2.11 bits per heavy atom. The van der Waals surface area contributed by atoms with Gasteiger partial charge in [-0.3, -0.25) is 0 Å². The van der Waals surface area contributed by atoms with Crippen molar-refractivity contribution in [3.63, 3.8) is 0 Å². The third-order valence-electron chi connectivity index (χ3n) is 2.75. The predicted octanol–water partition coefficient (Wildman–Crippen LogP) is 2.93. The molecule has 2 aromatic heterocycles. The summed E-state index contributed by atoms with van der Waals surface area (Å²) in [5.74, 6) is 0.723. The summed E-state index contributed by atoms with van der Waals surface area (Å²) in [6.45, 7) is 0.757. The first-order valence-electron chi connectivity index (χ1n) is 5.85. The summed E-state index contributed by atoms with van der Waals surface area (Å²) < 4.78 is 5.27. The second kappa shape index (κ2) is 5.24. The van der Waals surface area contributed by atoms with Gasteiger partial charge in [0.1, 0.15) is 22.8 Å². The van der Waals surface area contributed by atoms with E-state index in [4.69, 9.17) is 16.0 Å². The molecule has 0 saturated carbocycles. The van der Waals surface area contributed by atoms with Crippen molar-refractivity contribution in [2.45, 2.75) is 6.42 Å². The third-order valence-corrected chi connectivity index (χ3v) is 2.96. The zero-order valence-electron chi connectivity index (χ0n) is 10.0. The summed E-state index contributed by atoms with van der Waals surface area (Å²) in [7, 11) is 0. The number of benzene rings is 1. The Bertz CT molecular complexity index is 698. The number of halogens is 1. The largest absolute Gasteiger partial charge is 0.443 e. The lowest BCUT2D eigenvalue weighted by atomic mass is 10.1. The smallest absolute Gasteiger partial charge is 0.181 e. The van der Waals surface area contributed by atoms with Gasteiger partial charge in [0.25, 0.3) is 0 Å². The van der Waals surface area contributed by atoms with Crippen LogP contribution in [0.4, 0.5) is 5.82 Å². The fourth-order valence-corrected chi connectivity index (χ4v) is 1.97. The van der Waals surface area contributed by atoms with Crippen molar-refractivity contribution in [3.05, 3.63) is 47.7 Å². The van der Waals surface area contributed by atoms with Crippen LogP contribution in [0.5, 0.6) is 0 Å². The summed E-state index contributed by atoms with van der Waals surface area (Å²) in [4.78, 5) is 12.0. The van der Waals surface area contributed by atoms with Crippen molar-refractivity contribution in [1.82, 2.24) is 15.0 Å². The summed E-state index contributed by atoms with van der Waals surface area (Å²) in [6.07, 6.45) is 3.75. The Morgan fingerprint density at radius 3 is 3.00 bits per heavy atom. The summed E-state index contributed by atoms with van der Waals surface area (Å²) in [6, 6.07) is 7.69. The normalized spacial score (nSPS) is 10.8. The minimum atomic E-state index is 0.431. The van der Waals surface area contributed by atoms with Crippen molar-refractivity contribution in [2.24, 2.45) is 0 Å². The second-order valence-electron chi connectivity index (χ2n) is 4.06. The number of nitrogens with zero attached hydrogens (tertiary/aromatic N) is 3. The highest BCUT2D eigenvalue weighted by atomic mass is 35.5. The quantitative estimate of drug-likeness (QED) is 0.741. The molecule has 1 N–H and O–H groups in total. The maximum atomic E-state index is 5.78. The topological polar surface area (TPSA) is 63.8 Å². The Hall–Kier alpha value is -2.14. The zero-order chi connectivity index (χ0) is 13.1. The summed E-state index contributed by atoms with van der Waals surface area (Å²) in [5, 5.41) is 3.63. The Labute approximate surface area is 114 Å². The molecule has 0 fully saturated rings. The number of aromatic nitrogens is 3. The molecule has 0 atom stereocenters. The molecule has 5 nitrogen and oxygen atoms in total. The molecule has 0 saturated heterocycles. The molecule has 1 aromatic carbocycles. The minimum Gasteiger partial charge on any atom is -0.443 e. The molecule has 3 aromatic rings. The highest BCUT2D eigenvalue weighted by Crippen LogP contribution is 2.15. The minimum absolute atomic E-state index is 0.431. The molecular formula is C13H11ClN4O. The van der Waals surface area contributed by atoms with E-state index in [0.29, 0.717) is 5.15 Å². The van der Waals surface area contributed by atoms with Crippen LogP contribution in [-0.4, -0.2) is 21.5 Å². The highest BCUT2D eigenvalue weighted by Gasteiger charge is 2.01. The van der Waals surface area contributed by atoms with Gasteiger partial charge >= 0.3 is 0 Å². The van der Waals surface area contributed by atoms with Gasteiger partial charge < -0.3 is 9.73 Å². The molecule has 0 bridgehead atoms. The van der Waals surface area contributed by atoms with Gasteiger partial charge in [0.05, 0.1) is 0 Å². The number of fused-ring (bicyclic) bond motifs is 1. The van der Waals surface area contributed by atoms with Gasteiger partial charge in [-0.05, 0) is 24.1 Å². The second-order valence-corrected chi connectivity index (χ2v) is 4.44. The molecule has 0 aliphatic heterocycles. The van der Waals surface area contributed by atoms with Crippen LogP contribution >= 0.6 is 11.6 Å². The molecule has 2 heterocycles. The number of oxazole rings is 1. The number of anilines is 1. The van der Waals surface area contributed by atoms with Crippen LogP contribution in [0.25, 0.3) is 11.1 Å². The van der Waals surface area contributed by atoms with Crippen LogP contribution < -0.4 is 5.32 Å². The third kappa shape index (κ3) is 2.82. The van der Waals surface area contributed by atoms with Crippen molar-refractivity contribution in [2.75, 3.05) is 11.9 Å². The number of rotatable bonds is 4. The van der Waals surface area contributed by atoms with Crippen LogP contribution in [0.15, 0.2) is 41.4 Å². The van der Waals surface area contributed by atoms with Crippen LogP contribution in [-0.2, 0) is 6.42 Å². The first kappa shape index (κ1) is 11.9. The van der Waals surface area contributed by atoms with E-state index >= 15 is 0 Å². The monoisotopic (exact) mass is 274 g/mol. The van der Waals surface area contributed by atoms with Crippen LogP contribution in [0.3, 0.4) is 0 Å². The van der Waals surface area contributed by atoms with Gasteiger partial charge in [-0.2, -0.15) is 0 Å². The van der Waals surface area contributed by atoms with Gasteiger partial charge in [0.15, 0.2) is 12.0 Å². The summed E-state index contributed by atoms with van der Waals surface area (Å²) in [5.41, 5.74) is 2.86. The van der Waals surface area contributed by atoms with Crippen molar-refractivity contribution in [1.29, 1.82) is 0 Å². The fraction of sp³-hybridized carbons (Fsp3) is 0.154. The van der Waals surface area contributed by atoms with Gasteiger partial charge in [0.2, 0.25) is 0 Å². The van der Waals surface area contributed by atoms with E-state index in [1.54, 1.807) is 6.07 Å². The van der Waals surface area contributed by atoms with Gasteiger partial charge in [-0.15, -0.1) is 0 Å². The van der Waals surface area contributed by atoms with E-state index in [1.165, 1.54) is 18.3 Å². The molecule has 0 unspecified atom stereocenters. The standard InChI is InChI=1S/C13H11ClN4O/c14-12-6-13(17-7-16-12)15-4-3-9-1-2-10-11(5-9)19-8-18-10/h1-2,5-8H,3-4H2,(H,15,16,17). The maximum Gasteiger partial charge on any atom is 0.181 e. The van der Waals surface area contributed by atoms with Crippen molar-refractivity contribution in [3.8, 4) is 0 Å². The predicted molar refractivity (Wildman–Crippen MR) is 73.2 cm³/mol. The van der Waals surface area contributed by atoms with Gasteiger partial charge in [-0.25, -0.2) is 15.0 Å². The SMILES string of the molecule is Clc1cc(NCCc2ccc3ncoc3c2)ncn1. The Balaban J connectivity index is 1.62. The average Bonchev–Trinajstić information content (AvgIpc) is 2.86. The molecule has 0 spiro atoms. The summed E-state index contributed by atoms with van der Waals surface area (Å²) >= 11 is 5.78. The van der Waals surface area contributed by atoms with Gasteiger partial charge in [0, 0.05) is 12.6 Å². The molecule has 96 valence electrons. The van der Waals surface area contributed by atoms with Crippen LogP contribution in [0.1, 0.15) is 5.56 Å². The number of hydrogen-bond acceptors (Lipinski definition) is 5. The molecule has 0 aliphatic rings. The molecule has 3 rings (SSSR count). The number of hydrogen-bond donors (Lipinski definition) is 1. The van der Waals surface area contributed by atoms with E-state index < -0.39 is 0 Å². The molecule has 0 radical (unpaired) electrons. The van der Waals surface area contributed by atoms with E-state index in [2.05, 4.69) is 20.3 Å². The fourth-order valence-electron chi connectivity index (χ4n) is 1.82. The van der Waals surface area contributed by atoms with Gasteiger partial charge in [-0.1, -0.05) is 17.7 Å². The lowest BCUT2D eigenvalue weighted by Crippen LogP contribution is -2.06. The Kier molecular flexibility index (Phi) is 3.29. The lowest BCUT2D eigenvalue weighted by molar-refractivity contribution is 0.601. The van der Waals surface area contributed by atoms with E-state index in [-0.39, 0.29) is 0 Å². The highest BCUT2D eigenvalue weighted by molar-refractivity contribution is 6.29. The van der Waals surface area contributed by atoms with E-state index in [0.717, 1.165) is 29.9 Å². The number of nitrogens with one attached hydrogen (secondary N) is 1. The Morgan fingerprint density at radius 1 is 1.16 bits per heavy atom. The van der Waals surface area contributed by atoms with E-state index in [9.17, 15) is 0 Å². The lowest BCUT2D eigenvalue weighted by Gasteiger charge is -2.05. The van der Waals surface area contributed by atoms with Crippen molar-refractivity contribution < 1.29 is 4.42 Å². The van der Waals surface area contributed by atoms with Crippen LogP contribution in [0, 0.1) is 0 Å². The van der Waals surface area contributed by atoms with E-state index in [1.807, 2.05) is 18.2 Å². The first-order valence-corrected chi connectivity index (χ1v) is 6.22. The average molecular weight is 275 g/mol. The molecule has 19 heavy (non-hydrogen) atoms. The van der Waals surface area contributed by atoms with Crippen molar-refractivity contribution >= 4 is 28.5 Å². The first-order chi connectivity index (χ1) is 9.31.